The molecule has 2 aromatic rings. The number of nitrogens with zero attached hydrogens (tertiary/aromatic N) is 3. The summed E-state index contributed by atoms with van der Waals surface area (Å²) in [7, 11) is 2.03. The predicted molar refractivity (Wildman–Crippen MR) is 114 cm³/mol. The van der Waals surface area contributed by atoms with E-state index in [0.717, 1.165) is 42.3 Å². The van der Waals surface area contributed by atoms with E-state index in [1.807, 2.05) is 39.1 Å². The Morgan fingerprint density at radius 2 is 2.10 bits per heavy atom. The Kier molecular flexibility index (Phi) is 7.82. The second-order valence-corrected chi connectivity index (χ2v) is 7.50. The number of hydrogen-bond donors (Lipinski definition) is 1. The highest BCUT2D eigenvalue weighted by molar-refractivity contribution is 5.80. The summed E-state index contributed by atoms with van der Waals surface area (Å²) in [4.78, 5) is 20.6. The van der Waals surface area contributed by atoms with Crippen molar-refractivity contribution in [3.63, 3.8) is 0 Å². The third-order valence-corrected chi connectivity index (χ3v) is 5.29. The molecular weight excluding hydrogens is 384 g/mol. The molecule has 8 nitrogen and oxygen atoms in total. The third kappa shape index (κ3) is 6.05. The van der Waals surface area contributed by atoms with Gasteiger partial charge in [0, 0.05) is 51.3 Å². The van der Waals surface area contributed by atoms with Gasteiger partial charge in [0.15, 0.2) is 5.96 Å². The topological polar surface area (TPSA) is 83.4 Å². The first-order valence-electron chi connectivity index (χ1n) is 10.6. The Hall–Kier alpha value is -2.90. The second kappa shape index (κ2) is 10.8. The number of aliphatic imine (C=N–C) groups is 1. The normalized spacial score (nSPS) is 15.3. The predicted octanol–water partition coefficient (Wildman–Crippen LogP) is 3.42. The van der Waals surface area contributed by atoms with E-state index >= 15 is 0 Å². The number of nitrogens with one attached hydrogen (secondary N) is 1. The highest BCUT2D eigenvalue weighted by atomic mass is 16.6. The number of carbonyl (C=O) groups excluding carboxylic acids is 1. The lowest BCUT2D eigenvalue weighted by Crippen LogP contribution is -2.50. The van der Waals surface area contributed by atoms with Crippen molar-refractivity contribution >= 4 is 12.1 Å². The van der Waals surface area contributed by atoms with Gasteiger partial charge in [-0.2, -0.15) is 0 Å². The summed E-state index contributed by atoms with van der Waals surface area (Å²) in [5.74, 6) is 2.69. The molecule has 1 aliphatic rings. The standard InChI is InChI=1S/C22H32N4O4/c1-4-28-22(27)26-12-8-19(9-13-26)24-21(23-11-7-20-6-5-14-30-20)25(3)16-18-10-15-29-17(18)2/h5-6,10,14-15,19H,4,7-9,11-13,16H2,1-3H3,(H,23,24). The lowest BCUT2D eigenvalue weighted by atomic mass is 10.1. The van der Waals surface area contributed by atoms with Gasteiger partial charge in [-0.25, -0.2) is 4.79 Å². The van der Waals surface area contributed by atoms with Gasteiger partial charge in [0.2, 0.25) is 0 Å². The summed E-state index contributed by atoms with van der Waals surface area (Å²) in [5.41, 5.74) is 1.13. The lowest BCUT2D eigenvalue weighted by Gasteiger charge is -2.34. The van der Waals surface area contributed by atoms with E-state index in [4.69, 9.17) is 18.6 Å². The molecule has 0 aromatic carbocycles. The van der Waals surface area contributed by atoms with Gasteiger partial charge in [0.1, 0.15) is 11.5 Å². The molecule has 3 heterocycles. The van der Waals surface area contributed by atoms with Crippen molar-refractivity contribution in [1.29, 1.82) is 0 Å². The smallest absolute Gasteiger partial charge is 0.409 e. The monoisotopic (exact) mass is 416 g/mol. The molecule has 1 aliphatic heterocycles. The lowest BCUT2D eigenvalue weighted by molar-refractivity contribution is 0.0961. The average Bonchev–Trinajstić information content (AvgIpc) is 3.40. The van der Waals surface area contributed by atoms with Gasteiger partial charge in [-0.15, -0.1) is 0 Å². The molecule has 0 saturated carbocycles. The molecule has 30 heavy (non-hydrogen) atoms. The van der Waals surface area contributed by atoms with Gasteiger partial charge in [0.05, 0.1) is 19.1 Å². The van der Waals surface area contributed by atoms with Gasteiger partial charge < -0.3 is 28.7 Å². The van der Waals surface area contributed by atoms with E-state index in [0.29, 0.717) is 32.8 Å². The zero-order valence-electron chi connectivity index (χ0n) is 18.1. The van der Waals surface area contributed by atoms with E-state index in [9.17, 15) is 4.79 Å². The Labute approximate surface area is 177 Å². The first kappa shape index (κ1) is 21.8. The number of furan rings is 2. The van der Waals surface area contributed by atoms with Crippen molar-refractivity contribution in [3.05, 3.63) is 47.8 Å². The van der Waals surface area contributed by atoms with Crippen LogP contribution in [-0.2, 0) is 17.7 Å². The molecular formula is C22H32N4O4. The third-order valence-electron chi connectivity index (χ3n) is 5.29. The maximum Gasteiger partial charge on any atom is 0.409 e. The summed E-state index contributed by atoms with van der Waals surface area (Å²) in [5, 5.41) is 3.60. The summed E-state index contributed by atoms with van der Waals surface area (Å²) < 4.78 is 16.0. The van der Waals surface area contributed by atoms with Gasteiger partial charge in [-0.3, -0.25) is 4.99 Å². The fraction of sp³-hybridized carbons (Fsp3) is 0.545. The van der Waals surface area contributed by atoms with Crippen molar-refractivity contribution in [1.82, 2.24) is 15.1 Å². The SMILES string of the molecule is CCOC(=O)N1CCC(NC(=NCCc2ccco2)N(C)Cc2ccoc2C)CC1. The van der Waals surface area contributed by atoms with E-state index < -0.39 is 0 Å². The molecule has 0 unspecified atom stereocenters. The van der Waals surface area contributed by atoms with Crippen LogP contribution in [0.1, 0.15) is 36.8 Å². The number of piperidine rings is 1. The number of amides is 1. The van der Waals surface area contributed by atoms with E-state index in [2.05, 4.69) is 10.2 Å². The van der Waals surface area contributed by atoms with Crippen LogP contribution < -0.4 is 5.32 Å². The molecule has 0 atom stereocenters. The molecule has 1 fully saturated rings. The molecule has 0 aliphatic carbocycles. The highest BCUT2D eigenvalue weighted by Crippen LogP contribution is 2.14. The van der Waals surface area contributed by atoms with Crippen molar-refractivity contribution in [2.24, 2.45) is 4.99 Å². The summed E-state index contributed by atoms with van der Waals surface area (Å²) in [6, 6.07) is 6.10. The maximum absolute atomic E-state index is 11.9. The number of likely N-dealkylation sites (tertiary alicyclic amines) is 1. The Morgan fingerprint density at radius 3 is 2.73 bits per heavy atom. The van der Waals surface area contributed by atoms with E-state index in [1.54, 1.807) is 17.4 Å². The number of guanidine groups is 1. The highest BCUT2D eigenvalue weighted by Gasteiger charge is 2.25. The number of carbonyl (C=O) groups is 1. The van der Waals surface area contributed by atoms with Crippen LogP contribution in [0.25, 0.3) is 0 Å². The minimum absolute atomic E-state index is 0.226. The van der Waals surface area contributed by atoms with Crippen LogP contribution in [0.4, 0.5) is 4.79 Å². The average molecular weight is 417 g/mol. The first-order chi connectivity index (χ1) is 14.6. The molecule has 3 rings (SSSR count). The van der Waals surface area contributed by atoms with Crippen molar-refractivity contribution in [3.8, 4) is 0 Å². The Bertz CT molecular complexity index is 807. The molecule has 2 aromatic heterocycles. The van der Waals surface area contributed by atoms with Gasteiger partial charge >= 0.3 is 6.09 Å². The largest absolute Gasteiger partial charge is 0.469 e. The fourth-order valence-electron chi connectivity index (χ4n) is 3.51. The molecule has 1 amide bonds. The van der Waals surface area contributed by atoms with E-state index in [1.165, 1.54) is 0 Å². The van der Waals surface area contributed by atoms with Gasteiger partial charge in [-0.05, 0) is 44.9 Å². The fourth-order valence-corrected chi connectivity index (χ4v) is 3.51. The maximum atomic E-state index is 11.9. The molecule has 1 saturated heterocycles. The Morgan fingerprint density at radius 1 is 1.30 bits per heavy atom. The number of rotatable bonds is 7. The molecule has 164 valence electrons. The second-order valence-electron chi connectivity index (χ2n) is 7.50. The van der Waals surface area contributed by atoms with Crippen LogP contribution >= 0.6 is 0 Å². The summed E-state index contributed by atoms with van der Waals surface area (Å²) >= 11 is 0. The molecule has 1 N–H and O–H groups in total. The van der Waals surface area contributed by atoms with Crippen molar-refractivity contribution in [2.45, 2.75) is 45.7 Å². The first-order valence-corrected chi connectivity index (χ1v) is 10.6. The van der Waals surface area contributed by atoms with Gasteiger partial charge in [-0.1, -0.05) is 0 Å². The van der Waals surface area contributed by atoms with Crippen LogP contribution in [0, 0.1) is 6.92 Å². The van der Waals surface area contributed by atoms with Crippen LogP contribution in [0.2, 0.25) is 0 Å². The number of hydrogen-bond acceptors (Lipinski definition) is 5. The summed E-state index contributed by atoms with van der Waals surface area (Å²) in [6.07, 6.45) is 5.63. The van der Waals surface area contributed by atoms with Crippen LogP contribution in [0.15, 0.2) is 44.6 Å². The minimum atomic E-state index is -0.226. The van der Waals surface area contributed by atoms with Crippen molar-refractivity contribution < 1.29 is 18.4 Å². The zero-order chi connectivity index (χ0) is 21.3. The van der Waals surface area contributed by atoms with Crippen molar-refractivity contribution in [2.75, 3.05) is 33.3 Å². The summed E-state index contributed by atoms with van der Waals surface area (Å²) in [6.45, 7) is 6.90. The molecule has 0 bridgehead atoms. The number of aryl methyl sites for hydroxylation is 1. The van der Waals surface area contributed by atoms with Crippen LogP contribution in [-0.4, -0.2) is 61.2 Å². The zero-order valence-corrected chi connectivity index (χ0v) is 18.1. The van der Waals surface area contributed by atoms with Crippen LogP contribution in [0.5, 0.6) is 0 Å². The van der Waals surface area contributed by atoms with Crippen LogP contribution in [0.3, 0.4) is 0 Å². The molecule has 0 radical (unpaired) electrons. The Balaban J connectivity index is 1.60. The molecule has 8 heteroatoms. The number of ether oxygens (including phenoxy) is 1. The molecule has 0 spiro atoms. The van der Waals surface area contributed by atoms with E-state index in [-0.39, 0.29) is 12.1 Å². The quantitative estimate of drug-likeness (QED) is 0.550. The minimum Gasteiger partial charge on any atom is -0.469 e. The van der Waals surface area contributed by atoms with Gasteiger partial charge in [0.25, 0.3) is 0 Å².